The minimum atomic E-state index is -3.15. The fourth-order valence-corrected chi connectivity index (χ4v) is 7.61. The Kier molecular flexibility index (Phi) is 5.91. The van der Waals surface area contributed by atoms with Gasteiger partial charge in [-0.3, -0.25) is 0 Å². The zero-order valence-electron chi connectivity index (χ0n) is 15.9. The molecule has 6 nitrogen and oxygen atoms in total. The van der Waals surface area contributed by atoms with Gasteiger partial charge in [0.15, 0.2) is 0 Å². The summed E-state index contributed by atoms with van der Waals surface area (Å²) in [4.78, 5) is 0. The lowest BCUT2D eigenvalue weighted by Gasteiger charge is -2.36. The predicted octanol–water partition coefficient (Wildman–Crippen LogP) is 1.75. The first-order chi connectivity index (χ1) is 12.6. The summed E-state index contributed by atoms with van der Waals surface area (Å²) in [6.45, 7) is 2.50. The zero-order valence-corrected chi connectivity index (χ0v) is 16.8. The molecule has 4 atom stereocenters. The Labute approximate surface area is 158 Å². The second kappa shape index (κ2) is 8.03. The first kappa shape index (κ1) is 19.1. The molecule has 4 fully saturated rings. The van der Waals surface area contributed by atoms with Gasteiger partial charge in [-0.2, -0.15) is 0 Å². The van der Waals surface area contributed by atoms with E-state index in [9.17, 15) is 8.42 Å². The van der Waals surface area contributed by atoms with E-state index in [4.69, 9.17) is 9.47 Å². The first-order valence-electron chi connectivity index (χ1n) is 10.4. The minimum Gasteiger partial charge on any atom is -0.381 e. The standard InChI is InChI=1S/C19H34N2O4S/c1-24-18-12-14-10-17(11-15(14)13-18)20-16-2-6-21(7-3-16)26(22,23)19-4-8-25-9-5-19/h14-20H,2-13H2,1H3/t14-,15+,17?,18?. The number of piperidine rings is 1. The van der Waals surface area contributed by atoms with Gasteiger partial charge < -0.3 is 14.8 Å². The molecule has 0 aromatic rings. The number of sulfonamides is 1. The van der Waals surface area contributed by atoms with Crippen LogP contribution in [0.25, 0.3) is 0 Å². The lowest BCUT2D eigenvalue weighted by molar-refractivity contribution is 0.0967. The second-order valence-electron chi connectivity index (χ2n) is 8.71. The highest BCUT2D eigenvalue weighted by Gasteiger charge is 2.42. The third kappa shape index (κ3) is 3.97. The van der Waals surface area contributed by atoms with E-state index in [1.54, 1.807) is 4.31 Å². The summed E-state index contributed by atoms with van der Waals surface area (Å²) < 4.78 is 38.2. The van der Waals surface area contributed by atoms with E-state index in [2.05, 4.69) is 5.32 Å². The molecule has 0 radical (unpaired) electrons. The SMILES string of the molecule is COC1C[C@H]2CC(NC3CCN(S(=O)(=O)C4CCOCC4)CC3)C[C@H]2C1. The molecular formula is C19H34N2O4S. The smallest absolute Gasteiger partial charge is 0.217 e. The topological polar surface area (TPSA) is 67.9 Å². The molecule has 1 N–H and O–H groups in total. The van der Waals surface area contributed by atoms with Gasteiger partial charge >= 0.3 is 0 Å². The Balaban J connectivity index is 1.23. The van der Waals surface area contributed by atoms with Gasteiger partial charge in [-0.15, -0.1) is 0 Å². The van der Waals surface area contributed by atoms with E-state index in [0.29, 0.717) is 57.3 Å². The van der Waals surface area contributed by atoms with Crippen molar-refractivity contribution >= 4 is 10.0 Å². The van der Waals surface area contributed by atoms with Crippen molar-refractivity contribution in [2.24, 2.45) is 11.8 Å². The molecule has 2 heterocycles. The van der Waals surface area contributed by atoms with Crippen LogP contribution in [0.4, 0.5) is 0 Å². The maximum Gasteiger partial charge on any atom is 0.217 e. The molecule has 2 saturated heterocycles. The lowest BCUT2D eigenvalue weighted by atomic mass is 10.0. The summed E-state index contributed by atoms with van der Waals surface area (Å²) in [6.07, 6.45) is 8.63. The molecule has 0 amide bonds. The normalized spacial score (nSPS) is 37.9. The van der Waals surface area contributed by atoms with Crippen molar-refractivity contribution < 1.29 is 17.9 Å². The molecule has 4 rings (SSSR count). The number of fused-ring (bicyclic) bond motifs is 1. The maximum absolute atomic E-state index is 12.8. The Morgan fingerprint density at radius 2 is 1.54 bits per heavy atom. The van der Waals surface area contributed by atoms with Crippen LogP contribution in [-0.2, 0) is 19.5 Å². The Bertz CT molecular complexity index is 556. The van der Waals surface area contributed by atoms with Crippen LogP contribution in [0.2, 0.25) is 0 Å². The highest BCUT2D eigenvalue weighted by atomic mass is 32.2. The Hall–Kier alpha value is -0.210. The van der Waals surface area contributed by atoms with Crippen molar-refractivity contribution in [1.82, 2.24) is 9.62 Å². The molecule has 0 aromatic carbocycles. The van der Waals surface area contributed by atoms with Gasteiger partial charge in [0.05, 0.1) is 11.4 Å². The minimum absolute atomic E-state index is 0.233. The van der Waals surface area contributed by atoms with Gasteiger partial charge in [0.1, 0.15) is 0 Å². The molecule has 0 spiro atoms. The van der Waals surface area contributed by atoms with Gasteiger partial charge in [0.2, 0.25) is 10.0 Å². The molecule has 4 aliphatic rings. The monoisotopic (exact) mass is 386 g/mol. The lowest BCUT2D eigenvalue weighted by Crippen LogP contribution is -2.50. The summed E-state index contributed by atoms with van der Waals surface area (Å²) in [7, 11) is -1.31. The van der Waals surface area contributed by atoms with E-state index in [0.717, 1.165) is 24.7 Å². The fraction of sp³-hybridized carbons (Fsp3) is 1.00. The van der Waals surface area contributed by atoms with Gasteiger partial charge in [-0.05, 0) is 63.2 Å². The average molecular weight is 387 g/mol. The van der Waals surface area contributed by atoms with Gasteiger partial charge in [0.25, 0.3) is 0 Å². The Morgan fingerprint density at radius 3 is 2.12 bits per heavy atom. The van der Waals surface area contributed by atoms with Crippen LogP contribution in [0.15, 0.2) is 0 Å². The Morgan fingerprint density at radius 1 is 0.923 bits per heavy atom. The number of ether oxygens (including phenoxy) is 2. The quantitative estimate of drug-likeness (QED) is 0.780. The van der Waals surface area contributed by atoms with Crippen LogP contribution in [-0.4, -0.2) is 69.6 Å². The van der Waals surface area contributed by atoms with Crippen LogP contribution in [0.5, 0.6) is 0 Å². The van der Waals surface area contributed by atoms with Crippen LogP contribution in [0.1, 0.15) is 51.4 Å². The number of methoxy groups -OCH3 is 1. The summed E-state index contributed by atoms with van der Waals surface area (Å²) >= 11 is 0. The third-order valence-corrected chi connectivity index (χ3v) is 9.58. The van der Waals surface area contributed by atoms with E-state index < -0.39 is 10.0 Å². The number of nitrogens with one attached hydrogen (secondary N) is 1. The van der Waals surface area contributed by atoms with Crippen molar-refractivity contribution in [3.05, 3.63) is 0 Å². The molecule has 2 aliphatic heterocycles. The molecule has 0 bridgehead atoms. The molecule has 150 valence electrons. The number of hydrogen-bond acceptors (Lipinski definition) is 5. The van der Waals surface area contributed by atoms with E-state index in [-0.39, 0.29) is 5.25 Å². The van der Waals surface area contributed by atoms with Crippen LogP contribution in [0.3, 0.4) is 0 Å². The molecule has 2 saturated carbocycles. The van der Waals surface area contributed by atoms with E-state index >= 15 is 0 Å². The van der Waals surface area contributed by atoms with Gasteiger partial charge in [-0.25, -0.2) is 12.7 Å². The van der Waals surface area contributed by atoms with Gasteiger partial charge in [-0.1, -0.05) is 0 Å². The number of hydrogen-bond donors (Lipinski definition) is 1. The molecule has 2 unspecified atom stereocenters. The van der Waals surface area contributed by atoms with Crippen molar-refractivity contribution in [2.45, 2.75) is 74.8 Å². The molecule has 0 aromatic heterocycles. The van der Waals surface area contributed by atoms with Gasteiger partial charge in [0, 0.05) is 45.5 Å². The van der Waals surface area contributed by atoms with Crippen LogP contribution < -0.4 is 5.32 Å². The largest absolute Gasteiger partial charge is 0.381 e. The second-order valence-corrected chi connectivity index (χ2v) is 10.9. The average Bonchev–Trinajstić information content (AvgIpc) is 3.21. The molecule has 7 heteroatoms. The van der Waals surface area contributed by atoms with Crippen LogP contribution >= 0.6 is 0 Å². The van der Waals surface area contributed by atoms with Crippen molar-refractivity contribution in [2.75, 3.05) is 33.4 Å². The zero-order chi connectivity index (χ0) is 18.1. The van der Waals surface area contributed by atoms with Crippen LogP contribution in [0, 0.1) is 11.8 Å². The third-order valence-electron chi connectivity index (χ3n) is 7.18. The summed E-state index contributed by atoms with van der Waals surface area (Å²) in [5.74, 6) is 1.65. The number of nitrogens with zero attached hydrogens (tertiary/aromatic N) is 1. The molecule has 2 aliphatic carbocycles. The fourth-order valence-electron chi connectivity index (χ4n) is 5.68. The first-order valence-corrected chi connectivity index (χ1v) is 11.9. The highest BCUT2D eigenvalue weighted by Crippen LogP contribution is 2.45. The van der Waals surface area contributed by atoms with Crippen molar-refractivity contribution in [1.29, 1.82) is 0 Å². The van der Waals surface area contributed by atoms with E-state index in [1.165, 1.54) is 25.7 Å². The summed E-state index contributed by atoms with van der Waals surface area (Å²) in [5, 5.41) is 3.62. The summed E-state index contributed by atoms with van der Waals surface area (Å²) in [6, 6.07) is 1.09. The van der Waals surface area contributed by atoms with Crippen molar-refractivity contribution in [3.63, 3.8) is 0 Å². The van der Waals surface area contributed by atoms with E-state index in [1.807, 2.05) is 7.11 Å². The van der Waals surface area contributed by atoms with Crippen molar-refractivity contribution in [3.8, 4) is 0 Å². The molecule has 26 heavy (non-hydrogen) atoms. The maximum atomic E-state index is 12.8. The summed E-state index contributed by atoms with van der Waals surface area (Å²) in [5.41, 5.74) is 0. The predicted molar refractivity (Wildman–Crippen MR) is 101 cm³/mol. The number of rotatable bonds is 5. The molecular weight excluding hydrogens is 352 g/mol. The highest BCUT2D eigenvalue weighted by molar-refractivity contribution is 7.89.